The summed E-state index contributed by atoms with van der Waals surface area (Å²) in [7, 11) is 1.77. The number of ether oxygens (including phenoxy) is 1. The summed E-state index contributed by atoms with van der Waals surface area (Å²) in [5, 5.41) is 0. The number of aryl methyl sites for hydroxylation is 1. The molecule has 1 aromatic carbocycles. The molecular formula is C22H27NO. The van der Waals surface area contributed by atoms with Gasteiger partial charge in [0.05, 0.1) is 7.11 Å². The highest BCUT2D eigenvalue weighted by atomic mass is 16.5. The van der Waals surface area contributed by atoms with Gasteiger partial charge in [-0.15, -0.1) is 0 Å². The van der Waals surface area contributed by atoms with E-state index in [0.29, 0.717) is 11.8 Å². The molecule has 0 radical (unpaired) electrons. The van der Waals surface area contributed by atoms with Crippen LogP contribution in [0.2, 0.25) is 0 Å². The van der Waals surface area contributed by atoms with Crippen LogP contribution in [0.15, 0.2) is 30.3 Å². The number of benzene rings is 1. The highest BCUT2D eigenvalue weighted by Gasteiger charge is 2.26. The topological polar surface area (TPSA) is 22.1 Å². The van der Waals surface area contributed by atoms with Gasteiger partial charge in [-0.3, -0.25) is 4.98 Å². The fourth-order valence-corrected chi connectivity index (χ4v) is 4.12. The van der Waals surface area contributed by atoms with Gasteiger partial charge in [-0.05, 0) is 79.5 Å². The van der Waals surface area contributed by atoms with Gasteiger partial charge in [0.2, 0.25) is 0 Å². The molecule has 2 saturated carbocycles. The molecule has 1 heterocycles. The van der Waals surface area contributed by atoms with Gasteiger partial charge in [0, 0.05) is 17.3 Å². The third-order valence-corrected chi connectivity index (χ3v) is 5.58. The lowest BCUT2D eigenvalue weighted by atomic mass is 9.80. The molecule has 2 fully saturated rings. The van der Waals surface area contributed by atoms with Gasteiger partial charge >= 0.3 is 0 Å². The van der Waals surface area contributed by atoms with Crippen molar-refractivity contribution < 1.29 is 4.74 Å². The second kappa shape index (κ2) is 6.58. The van der Waals surface area contributed by atoms with E-state index in [2.05, 4.69) is 37.3 Å². The summed E-state index contributed by atoms with van der Waals surface area (Å²) in [6.45, 7) is 2.12. The Morgan fingerprint density at radius 3 is 2.42 bits per heavy atom. The SMILES string of the molecule is COc1ccc(-c2cc(C)nc(C3CC3)c2)c(C2CCCCC2)c1. The molecule has 0 aliphatic heterocycles. The molecule has 0 atom stereocenters. The zero-order valence-electron chi connectivity index (χ0n) is 14.8. The third-order valence-electron chi connectivity index (χ3n) is 5.58. The molecule has 0 spiro atoms. The van der Waals surface area contributed by atoms with Gasteiger partial charge in [0.25, 0.3) is 0 Å². The lowest BCUT2D eigenvalue weighted by molar-refractivity contribution is 0.410. The van der Waals surface area contributed by atoms with Crippen LogP contribution in [0.25, 0.3) is 11.1 Å². The molecule has 0 bridgehead atoms. The summed E-state index contributed by atoms with van der Waals surface area (Å²) in [6, 6.07) is 11.2. The maximum Gasteiger partial charge on any atom is 0.119 e. The van der Waals surface area contributed by atoms with Crippen molar-refractivity contribution in [1.82, 2.24) is 4.98 Å². The Morgan fingerprint density at radius 1 is 0.917 bits per heavy atom. The molecule has 2 aromatic rings. The molecular weight excluding hydrogens is 294 g/mol. The van der Waals surface area contributed by atoms with E-state index < -0.39 is 0 Å². The number of hydrogen-bond acceptors (Lipinski definition) is 2. The Labute approximate surface area is 145 Å². The third kappa shape index (κ3) is 3.19. The van der Waals surface area contributed by atoms with Gasteiger partial charge in [0.1, 0.15) is 5.75 Å². The van der Waals surface area contributed by atoms with Crippen LogP contribution < -0.4 is 4.74 Å². The summed E-state index contributed by atoms with van der Waals surface area (Å²) in [4.78, 5) is 4.77. The van der Waals surface area contributed by atoms with E-state index in [1.807, 2.05) is 0 Å². The van der Waals surface area contributed by atoms with Crippen molar-refractivity contribution >= 4 is 0 Å². The van der Waals surface area contributed by atoms with Crippen molar-refractivity contribution in [3.05, 3.63) is 47.3 Å². The first-order valence-corrected chi connectivity index (χ1v) is 9.41. The molecule has 0 amide bonds. The van der Waals surface area contributed by atoms with E-state index in [1.54, 1.807) is 7.11 Å². The Morgan fingerprint density at radius 2 is 1.71 bits per heavy atom. The molecule has 2 nitrogen and oxygen atoms in total. The summed E-state index contributed by atoms with van der Waals surface area (Å²) >= 11 is 0. The van der Waals surface area contributed by atoms with Gasteiger partial charge in [-0.2, -0.15) is 0 Å². The maximum absolute atomic E-state index is 5.52. The quantitative estimate of drug-likeness (QED) is 0.690. The van der Waals surface area contributed by atoms with E-state index in [1.165, 1.54) is 67.3 Å². The van der Waals surface area contributed by atoms with Crippen LogP contribution in [-0.2, 0) is 0 Å². The molecule has 1 aromatic heterocycles. The molecule has 24 heavy (non-hydrogen) atoms. The number of hydrogen-bond donors (Lipinski definition) is 0. The molecule has 0 unspecified atom stereocenters. The van der Waals surface area contributed by atoms with Crippen molar-refractivity contribution in [2.24, 2.45) is 0 Å². The normalized spacial score (nSPS) is 18.6. The number of aromatic nitrogens is 1. The first kappa shape index (κ1) is 15.7. The second-order valence-electron chi connectivity index (χ2n) is 7.48. The van der Waals surface area contributed by atoms with Crippen molar-refractivity contribution in [3.63, 3.8) is 0 Å². The van der Waals surface area contributed by atoms with E-state index in [-0.39, 0.29) is 0 Å². The minimum Gasteiger partial charge on any atom is -0.497 e. The average Bonchev–Trinajstić information content (AvgIpc) is 3.46. The summed E-state index contributed by atoms with van der Waals surface area (Å²) in [5.41, 5.74) is 6.62. The smallest absolute Gasteiger partial charge is 0.119 e. The number of nitrogens with zero attached hydrogens (tertiary/aromatic N) is 1. The Hall–Kier alpha value is -1.83. The molecule has 4 rings (SSSR count). The first-order valence-electron chi connectivity index (χ1n) is 9.41. The summed E-state index contributed by atoms with van der Waals surface area (Å²) in [6.07, 6.45) is 9.30. The van der Waals surface area contributed by atoms with Crippen LogP contribution in [-0.4, -0.2) is 12.1 Å². The molecule has 0 N–H and O–H groups in total. The predicted octanol–water partition coefficient (Wildman–Crippen LogP) is 5.99. The fourth-order valence-electron chi connectivity index (χ4n) is 4.12. The largest absolute Gasteiger partial charge is 0.497 e. The van der Waals surface area contributed by atoms with Crippen molar-refractivity contribution in [2.75, 3.05) is 7.11 Å². The Kier molecular flexibility index (Phi) is 4.30. The van der Waals surface area contributed by atoms with E-state index >= 15 is 0 Å². The molecule has 2 aliphatic rings. The number of rotatable bonds is 4. The van der Waals surface area contributed by atoms with Gasteiger partial charge in [0.15, 0.2) is 0 Å². The fraction of sp³-hybridized carbons (Fsp3) is 0.500. The average molecular weight is 321 g/mol. The zero-order valence-corrected chi connectivity index (χ0v) is 14.8. The van der Waals surface area contributed by atoms with Gasteiger partial charge in [-0.1, -0.05) is 25.3 Å². The van der Waals surface area contributed by atoms with Crippen LogP contribution in [0.3, 0.4) is 0 Å². The van der Waals surface area contributed by atoms with Crippen LogP contribution in [0.4, 0.5) is 0 Å². The zero-order chi connectivity index (χ0) is 16.5. The van der Waals surface area contributed by atoms with Crippen molar-refractivity contribution in [2.45, 2.75) is 63.7 Å². The van der Waals surface area contributed by atoms with Gasteiger partial charge < -0.3 is 4.74 Å². The Bertz CT molecular complexity index is 727. The van der Waals surface area contributed by atoms with Gasteiger partial charge in [-0.25, -0.2) is 0 Å². The molecule has 0 saturated heterocycles. The lowest BCUT2D eigenvalue weighted by Crippen LogP contribution is -2.06. The molecule has 2 heteroatoms. The lowest BCUT2D eigenvalue weighted by Gasteiger charge is -2.25. The summed E-state index contributed by atoms with van der Waals surface area (Å²) < 4.78 is 5.52. The van der Waals surface area contributed by atoms with Crippen molar-refractivity contribution in [1.29, 1.82) is 0 Å². The van der Waals surface area contributed by atoms with Crippen LogP contribution in [0, 0.1) is 6.92 Å². The number of methoxy groups -OCH3 is 1. The highest BCUT2D eigenvalue weighted by molar-refractivity contribution is 5.70. The van der Waals surface area contributed by atoms with Crippen molar-refractivity contribution in [3.8, 4) is 16.9 Å². The predicted molar refractivity (Wildman–Crippen MR) is 98.8 cm³/mol. The van der Waals surface area contributed by atoms with E-state index in [4.69, 9.17) is 9.72 Å². The van der Waals surface area contributed by atoms with Crippen LogP contribution in [0.5, 0.6) is 5.75 Å². The monoisotopic (exact) mass is 321 g/mol. The second-order valence-corrected chi connectivity index (χ2v) is 7.48. The number of pyridine rings is 1. The standard InChI is InChI=1S/C22H27NO/c1-15-12-18(13-22(23-15)17-8-9-17)20-11-10-19(24-2)14-21(20)16-6-4-3-5-7-16/h10-14,16-17H,3-9H2,1-2H3. The van der Waals surface area contributed by atoms with E-state index in [0.717, 1.165) is 11.4 Å². The highest BCUT2D eigenvalue weighted by Crippen LogP contribution is 2.43. The minimum absolute atomic E-state index is 0.668. The maximum atomic E-state index is 5.52. The molecule has 2 aliphatic carbocycles. The molecule has 126 valence electrons. The van der Waals surface area contributed by atoms with E-state index in [9.17, 15) is 0 Å². The Balaban J connectivity index is 1.79. The van der Waals surface area contributed by atoms with Crippen LogP contribution >= 0.6 is 0 Å². The first-order chi connectivity index (χ1) is 11.7. The minimum atomic E-state index is 0.668. The summed E-state index contributed by atoms with van der Waals surface area (Å²) in [5.74, 6) is 2.34. The van der Waals surface area contributed by atoms with Crippen LogP contribution in [0.1, 0.15) is 73.7 Å².